The summed E-state index contributed by atoms with van der Waals surface area (Å²) >= 11 is 0. The molecule has 0 radical (unpaired) electrons. The van der Waals surface area contributed by atoms with Crippen molar-refractivity contribution >= 4 is 17.9 Å². The van der Waals surface area contributed by atoms with E-state index in [1.807, 2.05) is 0 Å². The zero-order valence-corrected chi connectivity index (χ0v) is 8.37. The summed E-state index contributed by atoms with van der Waals surface area (Å²) in [5.41, 5.74) is -0.0375. The fourth-order valence-electron chi connectivity index (χ4n) is 1.11. The highest BCUT2D eigenvalue weighted by atomic mass is 16.6. The molecule has 0 saturated carbocycles. The Bertz CT molecular complexity index is 444. The number of hydrogen-bond donors (Lipinski definition) is 0. The van der Waals surface area contributed by atoms with Crippen molar-refractivity contribution in [3.63, 3.8) is 0 Å². The molecule has 0 aliphatic rings. The summed E-state index contributed by atoms with van der Waals surface area (Å²) in [7, 11) is 0. The van der Waals surface area contributed by atoms with Crippen LogP contribution in [0.4, 0.5) is 5.69 Å². The minimum absolute atomic E-state index is 0.109. The lowest BCUT2D eigenvalue weighted by molar-refractivity contribution is -0.385. The van der Waals surface area contributed by atoms with E-state index in [4.69, 9.17) is 0 Å². The topological polar surface area (TPSA) is 99.4 Å². The van der Waals surface area contributed by atoms with E-state index in [-0.39, 0.29) is 12.0 Å². The zero-order chi connectivity index (χ0) is 12.1. The van der Waals surface area contributed by atoms with Crippen molar-refractivity contribution < 1.29 is 19.2 Å². The van der Waals surface area contributed by atoms with Crippen molar-refractivity contribution in [3.05, 3.63) is 33.6 Å². The Morgan fingerprint density at radius 2 is 2.38 bits per heavy atom. The Labute approximate surface area is 90.2 Å². The van der Waals surface area contributed by atoms with E-state index >= 15 is 0 Å². The van der Waals surface area contributed by atoms with Crippen LogP contribution >= 0.6 is 0 Å². The van der Waals surface area contributed by atoms with Crippen molar-refractivity contribution in [1.29, 1.82) is 0 Å². The Hall–Kier alpha value is -2.31. The maximum Gasteiger partial charge on any atom is 0.298 e. The number of hydrogen-bond acceptors (Lipinski definition) is 6. The first kappa shape index (κ1) is 11.8. The Kier molecular flexibility index (Phi) is 3.65. The lowest BCUT2D eigenvalue weighted by atomic mass is 10.1. The Morgan fingerprint density at radius 3 is 2.94 bits per heavy atom. The molecule has 1 aromatic heterocycles. The van der Waals surface area contributed by atoms with Gasteiger partial charge in [0.25, 0.3) is 12.2 Å². The predicted molar refractivity (Wildman–Crippen MR) is 52.0 cm³/mol. The average molecular weight is 224 g/mol. The summed E-state index contributed by atoms with van der Waals surface area (Å²) in [6.07, 6.45) is 1.00. The van der Waals surface area contributed by atoms with Crippen molar-refractivity contribution in [2.24, 2.45) is 0 Å². The molecule has 0 fully saturated rings. The van der Waals surface area contributed by atoms with Gasteiger partial charge in [-0.1, -0.05) is 0 Å². The molecule has 0 spiro atoms. The summed E-state index contributed by atoms with van der Waals surface area (Å²) < 4.78 is 4.25. The number of carbonyl (C=O) groups is 2. The predicted octanol–water partition coefficient (Wildman–Crippen LogP) is 0.654. The van der Waals surface area contributed by atoms with Crippen LogP contribution in [0.5, 0.6) is 0 Å². The van der Waals surface area contributed by atoms with E-state index in [1.165, 1.54) is 6.07 Å². The van der Waals surface area contributed by atoms with E-state index in [0.717, 1.165) is 6.20 Å². The molecule has 0 atom stereocenters. The molecule has 0 aromatic carbocycles. The van der Waals surface area contributed by atoms with Gasteiger partial charge in [0.05, 0.1) is 4.92 Å². The van der Waals surface area contributed by atoms with Crippen molar-refractivity contribution in [1.82, 2.24) is 4.98 Å². The van der Waals surface area contributed by atoms with Crippen LogP contribution in [0.1, 0.15) is 16.1 Å². The number of ketones is 1. The summed E-state index contributed by atoms with van der Waals surface area (Å²) in [5.74, 6) is -0.635. The molecule has 1 rings (SSSR count). The highest BCUT2D eigenvalue weighted by molar-refractivity contribution is 6.01. The first-order valence-electron chi connectivity index (χ1n) is 4.25. The summed E-state index contributed by atoms with van der Waals surface area (Å²) in [4.78, 5) is 35.0. The molecule has 0 aliphatic carbocycles. The number of pyridine rings is 1. The van der Waals surface area contributed by atoms with Gasteiger partial charge < -0.3 is 4.74 Å². The lowest BCUT2D eigenvalue weighted by Gasteiger charge is -2.01. The van der Waals surface area contributed by atoms with E-state index in [1.54, 1.807) is 6.92 Å². The second-order valence-corrected chi connectivity index (χ2v) is 2.93. The minimum atomic E-state index is -0.708. The van der Waals surface area contributed by atoms with Crippen molar-refractivity contribution in [2.45, 2.75) is 6.92 Å². The van der Waals surface area contributed by atoms with Crippen LogP contribution in [0.2, 0.25) is 0 Å². The fourth-order valence-corrected chi connectivity index (χ4v) is 1.11. The van der Waals surface area contributed by atoms with Gasteiger partial charge in [-0.3, -0.25) is 24.7 Å². The number of aromatic nitrogens is 1. The third-order valence-electron chi connectivity index (χ3n) is 1.80. The standard InChI is InChI=1S/C9H8N2O5/c1-6-2-7(9(13)4-16-5-12)8(3-10-6)11(14)15/h2-3,5H,4H2,1H3. The number of rotatable bonds is 5. The maximum absolute atomic E-state index is 11.5. The number of ether oxygens (including phenoxy) is 1. The monoisotopic (exact) mass is 224 g/mol. The summed E-state index contributed by atoms with van der Waals surface area (Å²) in [5, 5.41) is 10.6. The average Bonchev–Trinajstić information content (AvgIpc) is 2.25. The van der Waals surface area contributed by atoms with E-state index < -0.39 is 23.0 Å². The van der Waals surface area contributed by atoms with Gasteiger partial charge in [-0.05, 0) is 13.0 Å². The number of aryl methyl sites for hydroxylation is 1. The van der Waals surface area contributed by atoms with Crippen LogP contribution in [-0.4, -0.2) is 28.8 Å². The molecule has 0 unspecified atom stereocenters. The molecule has 7 nitrogen and oxygen atoms in total. The van der Waals surface area contributed by atoms with Crippen LogP contribution in [0.15, 0.2) is 12.3 Å². The SMILES string of the molecule is Cc1cc(C(=O)COC=O)c([N+](=O)[O-])cn1. The number of carbonyl (C=O) groups excluding carboxylic acids is 2. The van der Waals surface area contributed by atoms with Gasteiger partial charge in [-0.2, -0.15) is 0 Å². The largest absolute Gasteiger partial charge is 0.459 e. The highest BCUT2D eigenvalue weighted by Crippen LogP contribution is 2.18. The smallest absolute Gasteiger partial charge is 0.298 e. The number of nitrogens with zero attached hydrogens (tertiary/aromatic N) is 2. The Balaban J connectivity index is 3.09. The van der Waals surface area contributed by atoms with Gasteiger partial charge in [0, 0.05) is 5.69 Å². The fraction of sp³-hybridized carbons (Fsp3) is 0.222. The zero-order valence-electron chi connectivity index (χ0n) is 8.37. The summed E-state index contributed by atoms with van der Waals surface area (Å²) in [6.45, 7) is 1.19. The maximum atomic E-state index is 11.5. The van der Waals surface area contributed by atoms with Gasteiger partial charge >= 0.3 is 0 Å². The minimum Gasteiger partial charge on any atom is -0.459 e. The van der Waals surface area contributed by atoms with Crippen LogP contribution < -0.4 is 0 Å². The van der Waals surface area contributed by atoms with Gasteiger partial charge in [-0.15, -0.1) is 0 Å². The van der Waals surface area contributed by atoms with Gasteiger partial charge in [0.2, 0.25) is 5.78 Å². The number of nitro groups is 1. The Morgan fingerprint density at radius 1 is 1.69 bits per heavy atom. The first-order chi connectivity index (χ1) is 7.56. The highest BCUT2D eigenvalue weighted by Gasteiger charge is 2.20. The van der Waals surface area contributed by atoms with Gasteiger partial charge in [0.1, 0.15) is 11.8 Å². The molecule has 0 aliphatic heterocycles. The molecule has 0 amide bonds. The third kappa shape index (κ3) is 2.59. The third-order valence-corrected chi connectivity index (χ3v) is 1.80. The molecule has 1 heterocycles. The molecule has 0 bridgehead atoms. The first-order valence-corrected chi connectivity index (χ1v) is 4.25. The van der Waals surface area contributed by atoms with Gasteiger partial charge in [-0.25, -0.2) is 0 Å². The number of Topliss-reactive ketones (excluding diaryl/α,β-unsaturated/α-hetero) is 1. The molecule has 84 valence electrons. The van der Waals surface area contributed by atoms with E-state index in [2.05, 4.69) is 9.72 Å². The van der Waals surface area contributed by atoms with Crippen LogP contribution in [0, 0.1) is 17.0 Å². The second-order valence-electron chi connectivity index (χ2n) is 2.93. The molecule has 0 saturated heterocycles. The molecule has 16 heavy (non-hydrogen) atoms. The van der Waals surface area contributed by atoms with E-state index in [0.29, 0.717) is 5.69 Å². The van der Waals surface area contributed by atoms with Crippen molar-refractivity contribution in [3.8, 4) is 0 Å². The van der Waals surface area contributed by atoms with E-state index in [9.17, 15) is 19.7 Å². The van der Waals surface area contributed by atoms with Crippen LogP contribution in [0.3, 0.4) is 0 Å². The molecular formula is C9H8N2O5. The van der Waals surface area contributed by atoms with Gasteiger partial charge in [0.15, 0.2) is 6.61 Å². The van der Waals surface area contributed by atoms with Crippen LogP contribution in [0.25, 0.3) is 0 Å². The van der Waals surface area contributed by atoms with Crippen molar-refractivity contribution in [2.75, 3.05) is 6.61 Å². The summed E-state index contributed by atoms with van der Waals surface area (Å²) in [6, 6.07) is 1.29. The second kappa shape index (κ2) is 4.96. The lowest BCUT2D eigenvalue weighted by Crippen LogP contribution is -2.11. The van der Waals surface area contributed by atoms with Crippen LogP contribution in [-0.2, 0) is 9.53 Å². The molecule has 1 aromatic rings. The molecule has 7 heteroatoms. The quantitative estimate of drug-likeness (QED) is 0.315. The normalized spacial score (nSPS) is 9.56. The molecular weight excluding hydrogens is 216 g/mol. The molecule has 0 N–H and O–H groups in total.